The summed E-state index contributed by atoms with van der Waals surface area (Å²) in [6.07, 6.45) is 3.94. The van der Waals surface area contributed by atoms with Crippen molar-refractivity contribution in [3.05, 3.63) is 87.8 Å². The number of carbonyl (C=O) groups is 1. The summed E-state index contributed by atoms with van der Waals surface area (Å²) in [4.78, 5) is 23.8. The van der Waals surface area contributed by atoms with Crippen molar-refractivity contribution in [2.75, 3.05) is 18.0 Å². The highest BCUT2D eigenvalue weighted by atomic mass is 35.5. The number of aliphatic imine (C=N–C) groups is 1. The quantitative estimate of drug-likeness (QED) is 0.355. The van der Waals surface area contributed by atoms with Crippen LogP contribution in [0.3, 0.4) is 0 Å². The zero-order chi connectivity index (χ0) is 22.9. The molecular formula is C26H22ClN3OS2. The van der Waals surface area contributed by atoms with E-state index in [1.165, 1.54) is 16.7 Å². The average molecular weight is 492 g/mol. The fourth-order valence-corrected chi connectivity index (χ4v) is 6.24. The number of hydrogen-bond donors (Lipinski definition) is 0. The third kappa shape index (κ3) is 4.19. The van der Waals surface area contributed by atoms with Gasteiger partial charge in [0.2, 0.25) is 0 Å². The van der Waals surface area contributed by atoms with E-state index in [0.717, 1.165) is 38.7 Å². The molecule has 2 aliphatic heterocycles. The van der Waals surface area contributed by atoms with Gasteiger partial charge in [-0.25, -0.2) is 4.99 Å². The molecule has 0 unspecified atom stereocenters. The molecule has 2 heterocycles. The topological polar surface area (TPSA) is 35.9 Å². The van der Waals surface area contributed by atoms with Crippen molar-refractivity contribution in [3.8, 4) is 0 Å². The van der Waals surface area contributed by atoms with E-state index in [1.807, 2.05) is 61.5 Å². The van der Waals surface area contributed by atoms with Crippen LogP contribution in [0.5, 0.6) is 0 Å². The average Bonchev–Trinajstić information content (AvgIpc) is 3.33. The lowest BCUT2D eigenvalue weighted by atomic mass is 10.1. The number of amides is 1. The Morgan fingerprint density at radius 2 is 1.73 bits per heavy atom. The highest BCUT2D eigenvalue weighted by molar-refractivity contribution is 8.18. The van der Waals surface area contributed by atoms with Gasteiger partial charge in [0.05, 0.1) is 21.3 Å². The minimum atomic E-state index is -0.00931. The van der Waals surface area contributed by atoms with Gasteiger partial charge < -0.3 is 4.90 Å². The minimum absolute atomic E-state index is 0.00931. The van der Waals surface area contributed by atoms with Crippen molar-refractivity contribution < 1.29 is 4.79 Å². The van der Waals surface area contributed by atoms with Gasteiger partial charge in [-0.15, -0.1) is 0 Å². The van der Waals surface area contributed by atoms with Crippen LogP contribution in [0.2, 0.25) is 5.02 Å². The van der Waals surface area contributed by atoms with Gasteiger partial charge >= 0.3 is 0 Å². The van der Waals surface area contributed by atoms with Gasteiger partial charge in [0.1, 0.15) is 0 Å². The molecule has 2 aliphatic rings. The summed E-state index contributed by atoms with van der Waals surface area (Å²) in [5.74, 6) is -0.00931. The molecule has 5 rings (SSSR count). The minimum Gasteiger partial charge on any atom is -0.335 e. The van der Waals surface area contributed by atoms with Crippen LogP contribution in [0, 0.1) is 0 Å². The summed E-state index contributed by atoms with van der Waals surface area (Å²) >= 11 is 9.33. The number of benzene rings is 3. The number of hydrogen-bond acceptors (Lipinski definition) is 5. The number of fused-ring (bicyclic) bond motifs is 2. The molecule has 0 bridgehead atoms. The zero-order valence-electron chi connectivity index (χ0n) is 18.3. The highest BCUT2D eigenvalue weighted by Crippen LogP contribution is 2.47. The first-order valence-corrected chi connectivity index (χ1v) is 12.8. The third-order valence-electron chi connectivity index (χ3n) is 5.57. The number of allylic oxidation sites excluding steroid dienone is 2. The monoisotopic (exact) mass is 491 g/mol. The van der Waals surface area contributed by atoms with Gasteiger partial charge in [-0.05, 0) is 67.4 Å². The molecule has 0 aliphatic carbocycles. The van der Waals surface area contributed by atoms with Gasteiger partial charge in [0.25, 0.3) is 5.91 Å². The number of halogens is 1. The molecule has 0 N–H and O–H groups in total. The van der Waals surface area contributed by atoms with Gasteiger partial charge in [0.15, 0.2) is 5.17 Å². The first-order chi connectivity index (χ1) is 16.1. The molecule has 33 heavy (non-hydrogen) atoms. The SMILES string of the molecule is CCN1C(=O)C(=CC=C2Sc3ccc(Cl)cc3N2CC)SC1=Nc1cccc2ccccc12. The molecule has 7 heteroatoms. The number of rotatable bonds is 4. The number of carbonyl (C=O) groups excluding carboxylic acids is 1. The highest BCUT2D eigenvalue weighted by Gasteiger charge is 2.32. The van der Waals surface area contributed by atoms with Gasteiger partial charge in [0, 0.05) is 28.4 Å². The Labute approximate surface area is 207 Å². The van der Waals surface area contributed by atoms with Gasteiger partial charge in [-0.3, -0.25) is 9.69 Å². The van der Waals surface area contributed by atoms with Gasteiger partial charge in [-0.1, -0.05) is 59.8 Å². The van der Waals surface area contributed by atoms with E-state index in [9.17, 15) is 4.79 Å². The molecule has 4 nitrogen and oxygen atoms in total. The smallest absolute Gasteiger partial charge is 0.266 e. The van der Waals surface area contributed by atoms with Crippen LogP contribution in [0.4, 0.5) is 11.4 Å². The molecule has 0 aromatic heterocycles. The Bertz CT molecular complexity index is 1340. The third-order valence-corrected chi connectivity index (χ3v) is 7.96. The maximum atomic E-state index is 13.1. The van der Waals surface area contributed by atoms with Crippen LogP contribution in [0.15, 0.2) is 92.6 Å². The number of amidine groups is 1. The summed E-state index contributed by atoms with van der Waals surface area (Å²) in [5, 5.41) is 4.73. The molecular weight excluding hydrogens is 470 g/mol. The Hall–Kier alpha value is -2.67. The first kappa shape index (κ1) is 22.1. The maximum Gasteiger partial charge on any atom is 0.266 e. The Kier molecular flexibility index (Phi) is 6.23. The van der Waals surface area contributed by atoms with Crippen LogP contribution >= 0.6 is 35.1 Å². The maximum absolute atomic E-state index is 13.1. The van der Waals surface area contributed by atoms with Gasteiger partial charge in [-0.2, -0.15) is 0 Å². The molecule has 0 spiro atoms. The van der Waals surface area contributed by atoms with Crippen molar-refractivity contribution in [1.82, 2.24) is 4.90 Å². The van der Waals surface area contributed by atoms with Crippen LogP contribution in [-0.2, 0) is 4.79 Å². The lowest BCUT2D eigenvalue weighted by Crippen LogP contribution is -2.28. The number of likely N-dealkylation sites (N-methyl/N-ethyl adjacent to an activating group) is 1. The lowest BCUT2D eigenvalue weighted by molar-refractivity contribution is -0.122. The van der Waals surface area contributed by atoms with Crippen molar-refractivity contribution >= 4 is 68.3 Å². The number of anilines is 1. The Morgan fingerprint density at radius 1 is 0.939 bits per heavy atom. The van der Waals surface area contributed by atoms with E-state index < -0.39 is 0 Å². The fourth-order valence-electron chi connectivity index (χ4n) is 3.96. The molecule has 3 aromatic rings. The van der Waals surface area contributed by atoms with E-state index >= 15 is 0 Å². The van der Waals surface area contributed by atoms with E-state index in [4.69, 9.17) is 16.6 Å². The zero-order valence-corrected chi connectivity index (χ0v) is 20.7. The van der Waals surface area contributed by atoms with Crippen molar-refractivity contribution in [1.29, 1.82) is 0 Å². The molecule has 1 amide bonds. The molecule has 0 atom stereocenters. The Balaban J connectivity index is 1.47. The van der Waals surface area contributed by atoms with E-state index in [-0.39, 0.29) is 5.91 Å². The summed E-state index contributed by atoms with van der Waals surface area (Å²) < 4.78 is 0. The summed E-state index contributed by atoms with van der Waals surface area (Å²) in [7, 11) is 0. The van der Waals surface area contributed by atoms with E-state index in [0.29, 0.717) is 16.6 Å². The van der Waals surface area contributed by atoms with Crippen LogP contribution < -0.4 is 4.90 Å². The lowest BCUT2D eigenvalue weighted by Gasteiger charge is -2.17. The fraction of sp³-hybridized carbons (Fsp3) is 0.154. The predicted octanol–water partition coefficient (Wildman–Crippen LogP) is 7.43. The first-order valence-electron chi connectivity index (χ1n) is 10.8. The van der Waals surface area contributed by atoms with Crippen molar-refractivity contribution in [3.63, 3.8) is 0 Å². The van der Waals surface area contributed by atoms with Crippen molar-refractivity contribution in [2.45, 2.75) is 18.7 Å². The van der Waals surface area contributed by atoms with E-state index in [1.54, 1.807) is 16.7 Å². The molecule has 166 valence electrons. The number of nitrogens with zero attached hydrogens (tertiary/aromatic N) is 3. The molecule has 0 saturated carbocycles. The number of thioether (sulfide) groups is 2. The summed E-state index contributed by atoms with van der Waals surface area (Å²) in [6.45, 7) is 5.49. The largest absolute Gasteiger partial charge is 0.335 e. The van der Waals surface area contributed by atoms with Crippen LogP contribution in [-0.4, -0.2) is 29.1 Å². The van der Waals surface area contributed by atoms with Crippen LogP contribution in [0.25, 0.3) is 10.8 Å². The predicted molar refractivity (Wildman–Crippen MR) is 143 cm³/mol. The van der Waals surface area contributed by atoms with E-state index in [2.05, 4.69) is 30.0 Å². The Morgan fingerprint density at radius 3 is 2.55 bits per heavy atom. The summed E-state index contributed by atoms with van der Waals surface area (Å²) in [6, 6.07) is 20.2. The molecule has 1 fully saturated rings. The molecule has 3 aromatic carbocycles. The van der Waals surface area contributed by atoms with Crippen LogP contribution in [0.1, 0.15) is 13.8 Å². The normalized spacial score (nSPS) is 19.5. The molecule has 1 saturated heterocycles. The second kappa shape index (κ2) is 9.29. The molecule has 0 radical (unpaired) electrons. The second-order valence-corrected chi connectivity index (χ2v) is 10.0. The second-order valence-electron chi connectivity index (χ2n) is 7.54. The standard InChI is InChI=1S/C26H22ClN3OS2/c1-3-29-21-16-18(27)12-13-22(21)32-24(29)15-14-23-25(31)30(4-2)26(33-23)28-20-11-7-9-17-8-5-6-10-19(17)20/h5-16H,3-4H2,1-2H3. The summed E-state index contributed by atoms with van der Waals surface area (Å²) in [5.41, 5.74) is 1.98. The van der Waals surface area contributed by atoms with Crippen molar-refractivity contribution in [2.24, 2.45) is 4.99 Å².